The minimum Gasteiger partial charge on any atom is -0.171 e. The zero-order valence-corrected chi connectivity index (χ0v) is 8.35. The third kappa shape index (κ3) is 4.68. The van der Waals surface area contributed by atoms with Gasteiger partial charge in [-0.15, -0.1) is 0 Å². The van der Waals surface area contributed by atoms with Gasteiger partial charge in [0.2, 0.25) is 0 Å². The van der Waals surface area contributed by atoms with Gasteiger partial charge in [-0.2, -0.15) is 13.2 Å². The van der Waals surface area contributed by atoms with Crippen molar-refractivity contribution in [3.63, 3.8) is 0 Å². The van der Waals surface area contributed by atoms with Crippen molar-refractivity contribution >= 4 is 6.08 Å². The summed E-state index contributed by atoms with van der Waals surface area (Å²) < 4.78 is 35.6. The fraction of sp³-hybridized carbons (Fsp3) is 0.333. The molecule has 0 aliphatic rings. The van der Waals surface area contributed by atoms with E-state index < -0.39 is 12.6 Å². The quantitative estimate of drug-likeness (QED) is 0.704. The second kappa shape index (κ2) is 5.01. The molecule has 0 N–H and O–H groups in total. The van der Waals surface area contributed by atoms with Crippen LogP contribution in [0.15, 0.2) is 30.8 Å². The molecule has 1 rings (SSSR count). The van der Waals surface area contributed by atoms with Crippen molar-refractivity contribution in [2.75, 3.05) is 0 Å². The van der Waals surface area contributed by atoms with Gasteiger partial charge in [0.25, 0.3) is 0 Å². The molecule has 0 nitrogen and oxygen atoms in total. The molecule has 1 aromatic rings. The highest BCUT2D eigenvalue weighted by molar-refractivity contribution is 5.47. The normalized spacial score (nSPS) is 11.4. The number of aryl methyl sites for hydroxylation is 1. The van der Waals surface area contributed by atoms with E-state index in [-0.39, 0.29) is 6.42 Å². The molecule has 15 heavy (non-hydrogen) atoms. The van der Waals surface area contributed by atoms with Crippen molar-refractivity contribution in [2.24, 2.45) is 0 Å². The van der Waals surface area contributed by atoms with Crippen molar-refractivity contribution in [3.8, 4) is 0 Å². The Kier molecular flexibility index (Phi) is 3.95. The molecular weight excluding hydrogens is 201 g/mol. The summed E-state index contributed by atoms with van der Waals surface area (Å²) in [4.78, 5) is 0. The van der Waals surface area contributed by atoms with Gasteiger partial charge < -0.3 is 0 Å². The molecule has 0 spiro atoms. The molecule has 0 saturated heterocycles. The van der Waals surface area contributed by atoms with Crippen LogP contribution in [-0.4, -0.2) is 6.18 Å². The van der Waals surface area contributed by atoms with E-state index in [0.29, 0.717) is 6.42 Å². The third-order valence-corrected chi connectivity index (χ3v) is 2.14. The van der Waals surface area contributed by atoms with E-state index in [4.69, 9.17) is 0 Å². The van der Waals surface area contributed by atoms with Gasteiger partial charge in [-0.1, -0.05) is 36.9 Å². The summed E-state index contributed by atoms with van der Waals surface area (Å²) in [5, 5.41) is 0. The molecular formula is C12H13F3. The molecule has 0 amide bonds. The Hall–Kier alpha value is -1.25. The average molecular weight is 214 g/mol. The SMILES string of the molecule is C=Cc1ccc(CCCC(F)(F)F)cc1. The zero-order valence-electron chi connectivity index (χ0n) is 8.35. The zero-order chi connectivity index (χ0) is 11.3. The van der Waals surface area contributed by atoms with Crippen LogP contribution in [0.2, 0.25) is 0 Å². The second-order valence-corrected chi connectivity index (χ2v) is 3.41. The van der Waals surface area contributed by atoms with Crippen LogP contribution in [0.1, 0.15) is 24.0 Å². The van der Waals surface area contributed by atoms with Crippen molar-refractivity contribution in [1.82, 2.24) is 0 Å². The predicted molar refractivity (Wildman–Crippen MR) is 55.5 cm³/mol. The Morgan fingerprint density at radius 1 is 1.13 bits per heavy atom. The van der Waals surface area contributed by atoms with Crippen molar-refractivity contribution < 1.29 is 13.2 Å². The van der Waals surface area contributed by atoms with Gasteiger partial charge in [0.05, 0.1) is 0 Å². The average Bonchev–Trinajstić information content (AvgIpc) is 2.17. The molecule has 0 fully saturated rings. The molecule has 0 heterocycles. The predicted octanol–water partition coefficient (Wildman–Crippen LogP) is 4.21. The van der Waals surface area contributed by atoms with Gasteiger partial charge in [0.1, 0.15) is 0 Å². The van der Waals surface area contributed by atoms with Crippen LogP contribution in [0.3, 0.4) is 0 Å². The van der Waals surface area contributed by atoms with Gasteiger partial charge >= 0.3 is 6.18 Å². The van der Waals surface area contributed by atoms with Crippen molar-refractivity contribution in [3.05, 3.63) is 42.0 Å². The number of halogens is 3. The maximum absolute atomic E-state index is 11.9. The molecule has 0 aromatic heterocycles. The Bertz CT molecular complexity index is 309. The topological polar surface area (TPSA) is 0 Å². The molecule has 0 unspecified atom stereocenters. The summed E-state index contributed by atoms with van der Waals surface area (Å²) >= 11 is 0. The Morgan fingerprint density at radius 2 is 1.73 bits per heavy atom. The Morgan fingerprint density at radius 3 is 2.20 bits per heavy atom. The molecule has 0 atom stereocenters. The van der Waals surface area contributed by atoms with Crippen molar-refractivity contribution in [2.45, 2.75) is 25.4 Å². The first-order valence-electron chi connectivity index (χ1n) is 4.79. The standard InChI is InChI=1S/C12H13F3/c1-2-10-5-7-11(8-6-10)4-3-9-12(13,14)15/h2,5-8H,1,3-4,9H2. The van der Waals surface area contributed by atoms with Gasteiger partial charge in [-0.05, 0) is 24.0 Å². The number of alkyl halides is 3. The molecule has 82 valence electrons. The molecule has 3 heteroatoms. The summed E-state index contributed by atoms with van der Waals surface area (Å²) in [6.45, 7) is 3.61. The maximum Gasteiger partial charge on any atom is 0.389 e. The number of hydrogen-bond acceptors (Lipinski definition) is 0. The lowest BCUT2D eigenvalue weighted by Crippen LogP contribution is -2.07. The smallest absolute Gasteiger partial charge is 0.171 e. The summed E-state index contributed by atoms with van der Waals surface area (Å²) in [5.74, 6) is 0. The van der Waals surface area contributed by atoms with Crippen LogP contribution in [0.25, 0.3) is 6.08 Å². The molecule has 0 aliphatic heterocycles. The molecule has 0 saturated carbocycles. The number of hydrogen-bond donors (Lipinski definition) is 0. The van der Waals surface area contributed by atoms with Gasteiger partial charge in [-0.3, -0.25) is 0 Å². The van der Waals surface area contributed by atoms with Crippen LogP contribution >= 0.6 is 0 Å². The largest absolute Gasteiger partial charge is 0.389 e. The summed E-state index contributed by atoms with van der Waals surface area (Å²) in [6, 6.07) is 7.40. The lowest BCUT2D eigenvalue weighted by Gasteiger charge is -2.05. The van der Waals surface area contributed by atoms with Crippen LogP contribution in [0, 0.1) is 0 Å². The Labute approximate surface area is 87.4 Å². The van der Waals surface area contributed by atoms with Gasteiger partial charge in [0, 0.05) is 6.42 Å². The number of benzene rings is 1. The molecule has 0 bridgehead atoms. The molecule has 0 aliphatic carbocycles. The van der Waals surface area contributed by atoms with E-state index in [1.807, 2.05) is 24.3 Å². The van der Waals surface area contributed by atoms with E-state index in [9.17, 15) is 13.2 Å². The first-order chi connectivity index (χ1) is 7.01. The first-order valence-corrected chi connectivity index (χ1v) is 4.79. The summed E-state index contributed by atoms with van der Waals surface area (Å²) in [6.07, 6.45) is -2.43. The van der Waals surface area contributed by atoms with E-state index in [1.54, 1.807) is 6.08 Å². The van der Waals surface area contributed by atoms with Crippen LogP contribution < -0.4 is 0 Å². The first kappa shape index (κ1) is 11.8. The number of rotatable bonds is 4. The van der Waals surface area contributed by atoms with Crippen LogP contribution in [-0.2, 0) is 6.42 Å². The maximum atomic E-state index is 11.9. The van der Waals surface area contributed by atoms with E-state index >= 15 is 0 Å². The molecule has 0 radical (unpaired) electrons. The Balaban J connectivity index is 2.41. The van der Waals surface area contributed by atoms with E-state index in [2.05, 4.69) is 6.58 Å². The lowest BCUT2D eigenvalue weighted by atomic mass is 10.1. The summed E-state index contributed by atoms with van der Waals surface area (Å²) in [5.41, 5.74) is 1.92. The van der Waals surface area contributed by atoms with E-state index in [1.165, 1.54) is 0 Å². The van der Waals surface area contributed by atoms with Crippen molar-refractivity contribution in [1.29, 1.82) is 0 Å². The lowest BCUT2D eigenvalue weighted by molar-refractivity contribution is -0.135. The fourth-order valence-corrected chi connectivity index (χ4v) is 1.31. The van der Waals surface area contributed by atoms with E-state index in [0.717, 1.165) is 11.1 Å². The van der Waals surface area contributed by atoms with Crippen LogP contribution in [0.4, 0.5) is 13.2 Å². The van der Waals surface area contributed by atoms with Gasteiger partial charge in [-0.25, -0.2) is 0 Å². The highest BCUT2D eigenvalue weighted by atomic mass is 19.4. The summed E-state index contributed by atoms with van der Waals surface area (Å²) in [7, 11) is 0. The highest BCUT2D eigenvalue weighted by Crippen LogP contribution is 2.22. The monoisotopic (exact) mass is 214 g/mol. The third-order valence-electron chi connectivity index (χ3n) is 2.14. The second-order valence-electron chi connectivity index (χ2n) is 3.41. The minimum absolute atomic E-state index is 0.150. The van der Waals surface area contributed by atoms with Gasteiger partial charge in [0.15, 0.2) is 0 Å². The minimum atomic E-state index is -4.04. The highest BCUT2D eigenvalue weighted by Gasteiger charge is 2.25. The van der Waals surface area contributed by atoms with Crippen LogP contribution in [0.5, 0.6) is 0 Å². The fourth-order valence-electron chi connectivity index (χ4n) is 1.31. The molecule has 1 aromatic carbocycles.